The van der Waals surface area contributed by atoms with E-state index in [1.807, 2.05) is 0 Å². The van der Waals surface area contributed by atoms with Gasteiger partial charge in [-0.3, -0.25) is 0 Å². The van der Waals surface area contributed by atoms with Gasteiger partial charge in [0, 0.05) is 0 Å². The fourth-order valence-electron chi connectivity index (χ4n) is 1.27. The molecule has 4 heteroatoms. The van der Waals surface area contributed by atoms with Crippen molar-refractivity contribution in [1.29, 1.82) is 0 Å². The summed E-state index contributed by atoms with van der Waals surface area (Å²) in [5.41, 5.74) is 0. The first-order chi connectivity index (χ1) is 6.58. The number of hydrogen-bond acceptors (Lipinski definition) is 2. The molecule has 2 rings (SSSR count). The van der Waals surface area contributed by atoms with Crippen molar-refractivity contribution in [3.05, 3.63) is 34.3 Å². The third kappa shape index (κ3) is 1.47. The average molecular weight is 229 g/mol. The molecule has 0 saturated heterocycles. The highest BCUT2D eigenvalue weighted by molar-refractivity contribution is 6.34. The van der Waals surface area contributed by atoms with Crippen molar-refractivity contribution >= 4 is 34.0 Å². The standard InChI is InChI=1S/C10H6Cl2O2/c11-7-1-5-3-10(14)8(12)2-6(5)4-9(7)13/h1-4,13-14H. The Bertz CT molecular complexity index is 420. The van der Waals surface area contributed by atoms with Crippen LogP contribution in [0.2, 0.25) is 10.0 Å². The quantitative estimate of drug-likeness (QED) is 0.724. The number of benzene rings is 2. The Morgan fingerprint density at radius 3 is 1.43 bits per heavy atom. The van der Waals surface area contributed by atoms with Gasteiger partial charge in [-0.2, -0.15) is 0 Å². The summed E-state index contributed by atoms with van der Waals surface area (Å²) in [6.45, 7) is 0. The molecule has 0 aliphatic rings. The number of phenols is 2. The van der Waals surface area contributed by atoms with Crippen LogP contribution in [0.15, 0.2) is 24.3 Å². The monoisotopic (exact) mass is 228 g/mol. The molecule has 0 fully saturated rings. The van der Waals surface area contributed by atoms with Crippen LogP contribution in [0.3, 0.4) is 0 Å². The molecule has 0 bridgehead atoms. The van der Waals surface area contributed by atoms with E-state index in [2.05, 4.69) is 0 Å². The summed E-state index contributed by atoms with van der Waals surface area (Å²) in [5.74, 6) is 0.00171. The minimum absolute atomic E-state index is 0.000855. The lowest BCUT2D eigenvalue weighted by molar-refractivity contribution is 0.474. The van der Waals surface area contributed by atoms with Crippen LogP contribution in [0.1, 0.15) is 0 Å². The molecular weight excluding hydrogens is 223 g/mol. The molecule has 2 nitrogen and oxygen atoms in total. The Morgan fingerprint density at radius 1 is 0.714 bits per heavy atom. The van der Waals surface area contributed by atoms with Crippen LogP contribution in [0.25, 0.3) is 10.8 Å². The van der Waals surface area contributed by atoms with Crippen LogP contribution in [0, 0.1) is 0 Å². The zero-order valence-corrected chi connectivity index (χ0v) is 8.47. The lowest BCUT2D eigenvalue weighted by Gasteiger charge is -2.03. The first-order valence-corrected chi connectivity index (χ1v) is 4.64. The molecule has 0 aliphatic heterocycles. The van der Waals surface area contributed by atoms with Gasteiger partial charge in [-0.25, -0.2) is 0 Å². The third-order valence-electron chi connectivity index (χ3n) is 1.97. The molecule has 0 spiro atoms. The van der Waals surface area contributed by atoms with Gasteiger partial charge < -0.3 is 10.2 Å². The topological polar surface area (TPSA) is 40.5 Å². The highest BCUT2D eigenvalue weighted by Gasteiger charge is 2.05. The van der Waals surface area contributed by atoms with E-state index in [-0.39, 0.29) is 21.5 Å². The fourth-order valence-corrected chi connectivity index (χ4v) is 1.61. The molecule has 0 amide bonds. The number of phenolic OH excluding ortho intramolecular Hbond substituents is 2. The third-order valence-corrected chi connectivity index (χ3v) is 2.58. The molecule has 0 atom stereocenters. The Morgan fingerprint density at radius 2 is 1.07 bits per heavy atom. The molecule has 0 saturated carbocycles. The van der Waals surface area contributed by atoms with Crippen LogP contribution >= 0.6 is 23.2 Å². The molecule has 72 valence electrons. The maximum absolute atomic E-state index is 9.34. The molecule has 0 heterocycles. The Labute approximate surface area is 90.3 Å². The van der Waals surface area contributed by atoms with E-state index < -0.39 is 0 Å². The van der Waals surface area contributed by atoms with E-state index in [9.17, 15) is 10.2 Å². The molecule has 2 aromatic carbocycles. The number of fused-ring (bicyclic) bond motifs is 1. The fraction of sp³-hybridized carbons (Fsp3) is 0. The van der Waals surface area contributed by atoms with E-state index in [0.717, 1.165) is 10.8 Å². The molecule has 2 N–H and O–H groups in total. The van der Waals surface area contributed by atoms with Crippen molar-refractivity contribution in [3.63, 3.8) is 0 Å². The van der Waals surface area contributed by atoms with Crippen molar-refractivity contribution in [3.8, 4) is 11.5 Å². The maximum atomic E-state index is 9.34. The second-order valence-corrected chi connectivity index (χ2v) is 3.77. The predicted molar refractivity (Wildman–Crippen MR) is 57.3 cm³/mol. The largest absolute Gasteiger partial charge is 0.506 e. The van der Waals surface area contributed by atoms with Crippen LogP contribution < -0.4 is 0 Å². The van der Waals surface area contributed by atoms with Crippen molar-refractivity contribution < 1.29 is 10.2 Å². The van der Waals surface area contributed by atoms with Crippen LogP contribution in [-0.2, 0) is 0 Å². The smallest absolute Gasteiger partial charge is 0.134 e. The second-order valence-electron chi connectivity index (χ2n) is 2.95. The SMILES string of the molecule is Oc1cc2cc(Cl)c(O)cc2cc1Cl. The number of halogens is 2. The summed E-state index contributed by atoms with van der Waals surface area (Å²) in [6.07, 6.45) is 0. The normalized spacial score (nSPS) is 10.7. The summed E-state index contributed by atoms with van der Waals surface area (Å²) in [4.78, 5) is 0. The average Bonchev–Trinajstić information content (AvgIpc) is 2.11. The molecule has 14 heavy (non-hydrogen) atoms. The van der Waals surface area contributed by atoms with Crippen LogP contribution in [-0.4, -0.2) is 10.2 Å². The van der Waals surface area contributed by atoms with Gasteiger partial charge in [0.2, 0.25) is 0 Å². The first-order valence-electron chi connectivity index (χ1n) is 3.88. The number of rotatable bonds is 0. The van der Waals surface area contributed by atoms with E-state index >= 15 is 0 Å². The van der Waals surface area contributed by atoms with E-state index in [4.69, 9.17) is 23.2 Å². The Kier molecular flexibility index (Phi) is 2.17. The van der Waals surface area contributed by atoms with E-state index in [1.54, 1.807) is 12.1 Å². The van der Waals surface area contributed by atoms with Gasteiger partial charge in [0.1, 0.15) is 11.5 Å². The highest BCUT2D eigenvalue weighted by atomic mass is 35.5. The van der Waals surface area contributed by atoms with E-state index in [1.165, 1.54) is 12.1 Å². The molecule has 0 aromatic heterocycles. The van der Waals surface area contributed by atoms with Crippen molar-refractivity contribution in [2.45, 2.75) is 0 Å². The number of hydrogen-bond donors (Lipinski definition) is 2. The summed E-state index contributed by atoms with van der Waals surface area (Å²) < 4.78 is 0. The summed E-state index contributed by atoms with van der Waals surface area (Å²) in [6, 6.07) is 6.15. The zero-order chi connectivity index (χ0) is 10.3. The zero-order valence-electron chi connectivity index (χ0n) is 6.96. The van der Waals surface area contributed by atoms with Gasteiger partial charge in [0.05, 0.1) is 10.0 Å². The molecule has 0 aliphatic carbocycles. The van der Waals surface area contributed by atoms with E-state index in [0.29, 0.717) is 0 Å². The number of aromatic hydroxyl groups is 2. The maximum Gasteiger partial charge on any atom is 0.134 e. The minimum atomic E-state index is 0.000855. The summed E-state index contributed by atoms with van der Waals surface area (Å²) in [5, 5.41) is 20.6. The molecular formula is C10H6Cl2O2. The molecule has 2 aromatic rings. The van der Waals surface area contributed by atoms with Gasteiger partial charge in [-0.15, -0.1) is 0 Å². The molecule has 0 radical (unpaired) electrons. The first kappa shape index (κ1) is 9.44. The molecule has 0 unspecified atom stereocenters. The minimum Gasteiger partial charge on any atom is -0.506 e. The van der Waals surface area contributed by atoms with Gasteiger partial charge in [0.25, 0.3) is 0 Å². The Hall–Kier alpha value is -1.12. The van der Waals surface area contributed by atoms with Gasteiger partial charge in [-0.05, 0) is 35.0 Å². The van der Waals surface area contributed by atoms with Gasteiger partial charge in [0.15, 0.2) is 0 Å². The van der Waals surface area contributed by atoms with Crippen molar-refractivity contribution in [2.24, 2.45) is 0 Å². The van der Waals surface area contributed by atoms with Crippen LogP contribution in [0.4, 0.5) is 0 Å². The highest BCUT2D eigenvalue weighted by Crippen LogP contribution is 2.34. The lowest BCUT2D eigenvalue weighted by Crippen LogP contribution is -1.76. The van der Waals surface area contributed by atoms with Gasteiger partial charge in [-0.1, -0.05) is 23.2 Å². The second kappa shape index (κ2) is 3.23. The van der Waals surface area contributed by atoms with Crippen molar-refractivity contribution in [2.75, 3.05) is 0 Å². The summed E-state index contributed by atoms with van der Waals surface area (Å²) >= 11 is 11.4. The van der Waals surface area contributed by atoms with Crippen LogP contribution in [0.5, 0.6) is 11.5 Å². The lowest BCUT2D eigenvalue weighted by atomic mass is 10.1. The Balaban J connectivity index is 2.83. The van der Waals surface area contributed by atoms with Crippen molar-refractivity contribution in [1.82, 2.24) is 0 Å². The van der Waals surface area contributed by atoms with Gasteiger partial charge >= 0.3 is 0 Å². The summed E-state index contributed by atoms with van der Waals surface area (Å²) in [7, 11) is 0. The predicted octanol–water partition coefficient (Wildman–Crippen LogP) is 3.56.